The molecule has 3 nitrogen and oxygen atoms in total. The highest BCUT2D eigenvalue weighted by Crippen LogP contribution is 2.07. The van der Waals surface area contributed by atoms with Gasteiger partial charge >= 0.3 is 5.97 Å². The number of Topliss-reactive ketones (excluding diaryl/α,β-unsaturated/α-hetero) is 1. The van der Waals surface area contributed by atoms with Crippen molar-refractivity contribution in [1.29, 1.82) is 0 Å². The van der Waals surface area contributed by atoms with Gasteiger partial charge in [-0.25, -0.2) is 0 Å². The summed E-state index contributed by atoms with van der Waals surface area (Å²) in [6.45, 7) is 6.39. The Balaban J connectivity index is 3.57. The average Bonchev–Trinajstić information content (AvgIpc) is 2.25. The molecule has 0 spiro atoms. The predicted molar refractivity (Wildman–Crippen MR) is 59.6 cm³/mol. The van der Waals surface area contributed by atoms with E-state index in [2.05, 4.69) is 0 Å². The maximum absolute atomic E-state index is 11.4. The van der Waals surface area contributed by atoms with Crippen LogP contribution in [-0.2, 0) is 14.3 Å². The lowest BCUT2D eigenvalue weighted by atomic mass is 10.00. The summed E-state index contributed by atoms with van der Waals surface area (Å²) in [7, 11) is 0. The minimum atomic E-state index is -0.250. The van der Waals surface area contributed by atoms with Gasteiger partial charge in [-0.3, -0.25) is 9.59 Å². The fourth-order valence-electron chi connectivity index (χ4n) is 1.10. The summed E-state index contributed by atoms with van der Waals surface area (Å²) in [6, 6.07) is 0. The van der Waals surface area contributed by atoms with Gasteiger partial charge in [-0.2, -0.15) is 0 Å². The average molecular weight is 214 g/mol. The Morgan fingerprint density at radius 2 is 1.87 bits per heavy atom. The molecule has 0 heterocycles. The van der Waals surface area contributed by atoms with Crippen molar-refractivity contribution in [2.24, 2.45) is 5.92 Å². The zero-order valence-electron chi connectivity index (χ0n) is 10.0. The predicted octanol–water partition coefficient (Wildman–Crippen LogP) is 2.73. The zero-order chi connectivity index (χ0) is 11.7. The second-order valence-electron chi connectivity index (χ2n) is 3.85. The van der Waals surface area contributed by atoms with Gasteiger partial charge in [0.05, 0.1) is 13.0 Å². The highest BCUT2D eigenvalue weighted by atomic mass is 16.5. The Labute approximate surface area is 92.2 Å². The number of carbonyl (C=O) groups excluding carboxylic acids is 2. The fraction of sp³-hybridized carbons (Fsp3) is 0.833. The Morgan fingerprint density at radius 3 is 2.40 bits per heavy atom. The van der Waals surface area contributed by atoms with E-state index in [1.807, 2.05) is 20.8 Å². The standard InChI is InChI=1S/C12H22O3/c1-4-6-9-15-12(14)8-7-11(13)10(3)5-2/h10H,4-9H2,1-3H3. The summed E-state index contributed by atoms with van der Waals surface area (Å²) < 4.78 is 4.96. The highest BCUT2D eigenvalue weighted by molar-refractivity contribution is 5.84. The lowest BCUT2D eigenvalue weighted by Gasteiger charge is -2.07. The van der Waals surface area contributed by atoms with Crippen LogP contribution in [0.5, 0.6) is 0 Å². The van der Waals surface area contributed by atoms with E-state index < -0.39 is 0 Å². The number of hydrogen-bond acceptors (Lipinski definition) is 3. The Bertz CT molecular complexity index is 199. The maximum atomic E-state index is 11.4. The lowest BCUT2D eigenvalue weighted by Crippen LogP contribution is -2.13. The fourth-order valence-corrected chi connectivity index (χ4v) is 1.10. The van der Waals surface area contributed by atoms with Crippen molar-refractivity contribution in [2.45, 2.75) is 52.9 Å². The quantitative estimate of drug-likeness (QED) is 0.461. The first kappa shape index (κ1) is 14.1. The molecular formula is C12H22O3. The molecule has 15 heavy (non-hydrogen) atoms. The minimum Gasteiger partial charge on any atom is -0.466 e. The lowest BCUT2D eigenvalue weighted by molar-refractivity contribution is -0.145. The molecule has 1 unspecified atom stereocenters. The van der Waals surface area contributed by atoms with Gasteiger partial charge in [0.1, 0.15) is 5.78 Å². The number of carbonyl (C=O) groups is 2. The van der Waals surface area contributed by atoms with Crippen LogP contribution in [-0.4, -0.2) is 18.4 Å². The molecule has 0 aliphatic carbocycles. The largest absolute Gasteiger partial charge is 0.466 e. The molecule has 0 aromatic rings. The molecule has 0 aromatic carbocycles. The molecular weight excluding hydrogens is 192 g/mol. The third kappa shape index (κ3) is 7.11. The van der Waals surface area contributed by atoms with E-state index in [0.717, 1.165) is 19.3 Å². The normalized spacial score (nSPS) is 12.2. The summed E-state index contributed by atoms with van der Waals surface area (Å²) >= 11 is 0. The number of esters is 1. The van der Waals surface area contributed by atoms with E-state index in [1.54, 1.807) is 0 Å². The van der Waals surface area contributed by atoms with E-state index in [0.29, 0.717) is 13.0 Å². The van der Waals surface area contributed by atoms with Gasteiger partial charge in [0.15, 0.2) is 0 Å². The first-order valence-electron chi connectivity index (χ1n) is 5.80. The number of rotatable bonds is 8. The summed E-state index contributed by atoms with van der Waals surface area (Å²) in [5.74, 6) is -0.0292. The molecule has 0 saturated heterocycles. The zero-order valence-corrected chi connectivity index (χ0v) is 10.0. The van der Waals surface area contributed by atoms with Crippen LogP contribution in [0.2, 0.25) is 0 Å². The molecule has 3 heteroatoms. The third-order valence-electron chi connectivity index (χ3n) is 2.50. The van der Waals surface area contributed by atoms with Gasteiger partial charge in [-0.15, -0.1) is 0 Å². The second-order valence-corrected chi connectivity index (χ2v) is 3.85. The van der Waals surface area contributed by atoms with Crippen molar-refractivity contribution in [3.05, 3.63) is 0 Å². The van der Waals surface area contributed by atoms with Crippen LogP contribution < -0.4 is 0 Å². The first-order valence-corrected chi connectivity index (χ1v) is 5.80. The van der Waals surface area contributed by atoms with E-state index in [-0.39, 0.29) is 24.1 Å². The molecule has 0 aromatic heterocycles. The third-order valence-corrected chi connectivity index (χ3v) is 2.50. The van der Waals surface area contributed by atoms with Crippen molar-refractivity contribution in [3.8, 4) is 0 Å². The number of hydrogen-bond donors (Lipinski definition) is 0. The van der Waals surface area contributed by atoms with Crippen molar-refractivity contribution in [3.63, 3.8) is 0 Å². The summed E-state index contributed by atoms with van der Waals surface area (Å²) in [5, 5.41) is 0. The number of unbranched alkanes of at least 4 members (excludes halogenated alkanes) is 1. The number of ether oxygens (including phenoxy) is 1. The van der Waals surface area contributed by atoms with Crippen LogP contribution >= 0.6 is 0 Å². The monoisotopic (exact) mass is 214 g/mol. The van der Waals surface area contributed by atoms with E-state index in [9.17, 15) is 9.59 Å². The highest BCUT2D eigenvalue weighted by Gasteiger charge is 2.12. The molecule has 0 N–H and O–H groups in total. The molecule has 1 atom stereocenters. The van der Waals surface area contributed by atoms with Gasteiger partial charge in [-0.05, 0) is 12.8 Å². The van der Waals surface area contributed by atoms with Crippen LogP contribution in [0, 0.1) is 5.92 Å². The van der Waals surface area contributed by atoms with E-state index >= 15 is 0 Å². The Hall–Kier alpha value is -0.860. The summed E-state index contributed by atoms with van der Waals surface area (Å²) in [6.07, 6.45) is 3.29. The van der Waals surface area contributed by atoms with Crippen molar-refractivity contribution in [1.82, 2.24) is 0 Å². The summed E-state index contributed by atoms with van der Waals surface area (Å²) in [5.41, 5.74) is 0. The van der Waals surface area contributed by atoms with Gasteiger partial charge < -0.3 is 4.74 Å². The van der Waals surface area contributed by atoms with E-state index in [4.69, 9.17) is 4.74 Å². The summed E-state index contributed by atoms with van der Waals surface area (Å²) in [4.78, 5) is 22.6. The molecule has 0 amide bonds. The van der Waals surface area contributed by atoms with E-state index in [1.165, 1.54) is 0 Å². The smallest absolute Gasteiger partial charge is 0.306 e. The molecule has 88 valence electrons. The van der Waals surface area contributed by atoms with Gasteiger partial charge in [0.2, 0.25) is 0 Å². The van der Waals surface area contributed by atoms with Crippen molar-refractivity contribution in [2.75, 3.05) is 6.61 Å². The van der Waals surface area contributed by atoms with Crippen LogP contribution in [0.25, 0.3) is 0 Å². The minimum absolute atomic E-state index is 0.0634. The second kappa shape index (κ2) is 8.45. The SMILES string of the molecule is CCCCOC(=O)CCC(=O)C(C)CC. The van der Waals surface area contributed by atoms with Crippen LogP contribution in [0.1, 0.15) is 52.9 Å². The molecule has 0 radical (unpaired) electrons. The molecule has 0 aliphatic rings. The molecule has 0 bridgehead atoms. The molecule has 0 fully saturated rings. The van der Waals surface area contributed by atoms with Crippen molar-refractivity contribution < 1.29 is 14.3 Å². The molecule has 0 rings (SSSR count). The van der Waals surface area contributed by atoms with Crippen LogP contribution in [0.15, 0.2) is 0 Å². The van der Waals surface area contributed by atoms with Crippen LogP contribution in [0.4, 0.5) is 0 Å². The Morgan fingerprint density at radius 1 is 1.20 bits per heavy atom. The van der Waals surface area contributed by atoms with Gasteiger partial charge in [-0.1, -0.05) is 27.2 Å². The topological polar surface area (TPSA) is 43.4 Å². The van der Waals surface area contributed by atoms with Gasteiger partial charge in [0, 0.05) is 12.3 Å². The van der Waals surface area contributed by atoms with Crippen LogP contribution in [0.3, 0.4) is 0 Å². The first-order chi connectivity index (χ1) is 7.11. The van der Waals surface area contributed by atoms with Crippen molar-refractivity contribution >= 4 is 11.8 Å². The number of ketones is 1. The Kier molecular flexibility index (Phi) is 7.96. The van der Waals surface area contributed by atoms with Gasteiger partial charge in [0.25, 0.3) is 0 Å². The molecule has 0 aliphatic heterocycles. The molecule has 0 saturated carbocycles. The maximum Gasteiger partial charge on any atom is 0.306 e.